The van der Waals surface area contributed by atoms with E-state index in [1.54, 1.807) is 11.8 Å². The molecule has 0 saturated heterocycles. The predicted octanol–water partition coefficient (Wildman–Crippen LogP) is 3.21. The lowest BCUT2D eigenvalue weighted by molar-refractivity contribution is -0.118. The molecule has 1 aliphatic carbocycles. The summed E-state index contributed by atoms with van der Waals surface area (Å²) in [6.07, 6.45) is 2.56. The van der Waals surface area contributed by atoms with Crippen molar-refractivity contribution in [1.82, 2.24) is 5.32 Å². The third-order valence-corrected chi connectivity index (χ3v) is 4.49. The minimum Gasteiger partial charge on any atom is -0.355 e. The highest BCUT2D eigenvalue weighted by Crippen LogP contribution is 2.27. The normalized spacial score (nSPS) is 14.6. The summed E-state index contributed by atoms with van der Waals surface area (Å²) < 4.78 is 1.12. The van der Waals surface area contributed by atoms with Crippen molar-refractivity contribution in [3.8, 4) is 0 Å². The Labute approximate surface area is 115 Å². The van der Waals surface area contributed by atoms with Crippen LogP contribution in [0.2, 0.25) is 0 Å². The number of nitrogens with one attached hydrogen (secondary N) is 1. The molecule has 0 heterocycles. The lowest BCUT2D eigenvalue weighted by Crippen LogP contribution is -2.27. The molecule has 1 amide bonds. The molecule has 2 nitrogen and oxygen atoms in total. The minimum absolute atomic E-state index is 0.161. The zero-order valence-electron chi connectivity index (χ0n) is 9.62. The molecule has 4 heteroatoms. The van der Waals surface area contributed by atoms with Gasteiger partial charge in [-0.1, -0.05) is 34.1 Å². The molecule has 0 spiro atoms. The monoisotopic (exact) mass is 313 g/mol. The van der Waals surface area contributed by atoms with Gasteiger partial charge in [0.2, 0.25) is 5.91 Å². The lowest BCUT2D eigenvalue weighted by Gasteiger charge is -2.05. The summed E-state index contributed by atoms with van der Waals surface area (Å²) in [6.45, 7) is 0.869. The molecular formula is C13H16BrNOS. The molecule has 1 N–H and O–H groups in total. The number of amides is 1. The number of carbonyl (C=O) groups is 1. The number of halogens is 1. The first-order valence-corrected chi connectivity index (χ1v) is 7.78. The van der Waals surface area contributed by atoms with Gasteiger partial charge in [0.05, 0.1) is 5.75 Å². The first-order valence-electron chi connectivity index (χ1n) is 5.83. The zero-order valence-corrected chi connectivity index (χ0v) is 12.0. The van der Waals surface area contributed by atoms with Crippen molar-refractivity contribution in [2.45, 2.75) is 18.6 Å². The smallest absolute Gasteiger partial charge is 0.230 e. The second-order valence-corrected chi connectivity index (χ2v) is 6.17. The van der Waals surface area contributed by atoms with Gasteiger partial charge in [0.25, 0.3) is 0 Å². The van der Waals surface area contributed by atoms with Crippen LogP contribution in [0.1, 0.15) is 18.4 Å². The van der Waals surface area contributed by atoms with Crippen LogP contribution in [0.15, 0.2) is 28.7 Å². The van der Waals surface area contributed by atoms with Crippen molar-refractivity contribution in [3.05, 3.63) is 34.3 Å². The molecule has 1 fully saturated rings. The molecule has 1 aromatic carbocycles. The average Bonchev–Trinajstić information content (AvgIpc) is 3.13. The van der Waals surface area contributed by atoms with Crippen molar-refractivity contribution in [2.24, 2.45) is 5.92 Å². The predicted molar refractivity (Wildman–Crippen MR) is 76.0 cm³/mol. The summed E-state index contributed by atoms with van der Waals surface area (Å²) in [5.41, 5.74) is 1.24. The molecule has 0 aromatic heterocycles. The summed E-state index contributed by atoms with van der Waals surface area (Å²) in [7, 11) is 0. The summed E-state index contributed by atoms with van der Waals surface area (Å²) in [5, 5.41) is 2.97. The Balaban J connectivity index is 1.64. The number of thioether (sulfide) groups is 1. The highest BCUT2D eigenvalue weighted by molar-refractivity contribution is 9.10. The standard InChI is InChI=1S/C13H16BrNOS/c14-12-4-2-1-3-11(12)8-17-9-13(16)15-7-10-5-6-10/h1-4,10H,5-9H2,(H,15,16). The van der Waals surface area contributed by atoms with E-state index in [1.807, 2.05) is 18.2 Å². The Kier molecular flexibility index (Phi) is 4.92. The molecule has 0 radical (unpaired) electrons. The molecule has 0 atom stereocenters. The maximum Gasteiger partial charge on any atom is 0.230 e. The number of hydrogen-bond acceptors (Lipinski definition) is 2. The van der Waals surface area contributed by atoms with E-state index in [0.29, 0.717) is 5.75 Å². The zero-order chi connectivity index (χ0) is 12.1. The van der Waals surface area contributed by atoms with Crippen LogP contribution in [-0.2, 0) is 10.5 Å². The van der Waals surface area contributed by atoms with E-state index in [2.05, 4.69) is 27.3 Å². The van der Waals surface area contributed by atoms with Crippen LogP contribution in [0.5, 0.6) is 0 Å². The fraction of sp³-hybridized carbons (Fsp3) is 0.462. The minimum atomic E-state index is 0.161. The second kappa shape index (κ2) is 6.45. The molecule has 17 heavy (non-hydrogen) atoms. The Hall–Kier alpha value is -0.480. The fourth-order valence-electron chi connectivity index (χ4n) is 1.50. The van der Waals surface area contributed by atoms with Gasteiger partial charge in [-0.3, -0.25) is 4.79 Å². The van der Waals surface area contributed by atoms with Gasteiger partial charge in [0.1, 0.15) is 0 Å². The van der Waals surface area contributed by atoms with Crippen LogP contribution in [0.25, 0.3) is 0 Å². The van der Waals surface area contributed by atoms with Crippen molar-refractivity contribution < 1.29 is 4.79 Å². The molecule has 92 valence electrons. The van der Waals surface area contributed by atoms with Crippen LogP contribution in [0.3, 0.4) is 0 Å². The Bertz CT molecular complexity index is 393. The topological polar surface area (TPSA) is 29.1 Å². The largest absolute Gasteiger partial charge is 0.355 e. The Morgan fingerprint density at radius 1 is 1.41 bits per heavy atom. The van der Waals surface area contributed by atoms with E-state index in [-0.39, 0.29) is 5.91 Å². The van der Waals surface area contributed by atoms with Crippen molar-refractivity contribution in [3.63, 3.8) is 0 Å². The van der Waals surface area contributed by atoms with Gasteiger partial charge in [0.15, 0.2) is 0 Å². The summed E-state index contributed by atoms with van der Waals surface area (Å²) in [6, 6.07) is 8.14. The van der Waals surface area contributed by atoms with E-state index in [4.69, 9.17) is 0 Å². The average molecular weight is 314 g/mol. The molecule has 0 bridgehead atoms. The van der Waals surface area contributed by atoms with Gasteiger partial charge in [-0.25, -0.2) is 0 Å². The fourth-order valence-corrected chi connectivity index (χ4v) is 2.97. The van der Waals surface area contributed by atoms with E-state index >= 15 is 0 Å². The third-order valence-electron chi connectivity index (χ3n) is 2.73. The van der Waals surface area contributed by atoms with Crippen LogP contribution in [0, 0.1) is 5.92 Å². The van der Waals surface area contributed by atoms with Gasteiger partial charge in [0, 0.05) is 16.8 Å². The summed E-state index contributed by atoms with van der Waals surface area (Å²) in [4.78, 5) is 11.5. The third kappa shape index (κ3) is 4.72. The lowest BCUT2D eigenvalue weighted by atomic mass is 10.2. The second-order valence-electron chi connectivity index (χ2n) is 4.33. The SMILES string of the molecule is O=C(CSCc1ccccc1Br)NCC1CC1. The number of benzene rings is 1. The van der Waals surface area contributed by atoms with E-state index in [1.165, 1.54) is 18.4 Å². The van der Waals surface area contributed by atoms with Gasteiger partial charge in [-0.2, -0.15) is 0 Å². The Morgan fingerprint density at radius 3 is 2.88 bits per heavy atom. The number of hydrogen-bond donors (Lipinski definition) is 1. The van der Waals surface area contributed by atoms with Gasteiger partial charge < -0.3 is 5.32 Å². The van der Waals surface area contributed by atoms with Gasteiger partial charge >= 0.3 is 0 Å². The molecular weight excluding hydrogens is 298 g/mol. The maximum atomic E-state index is 11.5. The number of rotatable bonds is 6. The van der Waals surface area contributed by atoms with Crippen molar-refractivity contribution in [2.75, 3.05) is 12.3 Å². The molecule has 1 aromatic rings. The summed E-state index contributed by atoms with van der Waals surface area (Å²) in [5.74, 6) is 2.34. The first-order chi connectivity index (χ1) is 8.25. The van der Waals surface area contributed by atoms with E-state index in [9.17, 15) is 4.79 Å². The maximum absolute atomic E-state index is 11.5. The van der Waals surface area contributed by atoms with E-state index < -0.39 is 0 Å². The van der Waals surface area contributed by atoms with Crippen molar-refractivity contribution in [1.29, 1.82) is 0 Å². The van der Waals surface area contributed by atoms with Gasteiger partial charge in [-0.15, -0.1) is 11.8 Å². The van der Waals surface area contributed by atoms with Crippen molar-refractivity contribution >= 4 is 33.6 Å². The first kappa shape index (κ1) is 13.0. The van der Waals surface area contributed by atoms with Gasteiger partial charge in [-0.05, 0) is 30.4 Å². The highest BCUT2D eigenvalue weighted by Gasteiger charge is 2.21. The molecule has 0 aliphatic heterocycles. The molecule has 2 rings (SSSR count). The van der Waals surface area contributed by atoms with Crippen LogP contribution in [0.4, 0.5) is 0 Å². The number of carbonyl (C=O) groups excluding carboxylic acids is 1. The molecule has 1 saturated carbocycles. The quantitative estimate of drug-likeness (QED) is 0.873. The highest BCUT2D eigenvalue weighted by atomic mass is 79.9. The molecule has 0 unspecified atom stereocenters. The van der Waals surface area contributed by atoms with Crippen LogP contribution in [-0.4, -0.2) is 18.2 Å². The van der Waals surface area contributed by atoms with E-state index in [0.717, 1.165) is 22.7 Å². The Morgan fingerprint density at radius 2 is 2.18 bits per heavy atom. The van der Waals surface area contributed by atoms with Crippen LogP contribution >= 0.6 is 27.7 Å². The van der Waals surface area contributed by atoms with Crippen LogP contribution < -0.4 is 5.32 Å². The molecule has 1 aliphatic rings. The summed E-state index contributed by atoms with van der Waals surface area (Å²) >= 11 is 5.17.